The van der Waals surface area contributed by atoms with Crippen LogP contribution >= 0.6 is 0 Å². The number of ether oxygens (including phenoxy) is 4. The van der Waals surface area contributed by atoms with E-state index in [1.807, 2.05) is 0 Å². The van der Waals surface area contributed by atoms with E-state index in [1.165, 1.54) is 0 Å². The van der Waals surface area contributed by atoms with E-state index >= 15 is 0 Å². The molecule has 0 bridgehead atoms. The Labute approximate surface area is 197 Å². The van der Waals surface area contributed by atoms with Crippen LogP contribution in [0.4, 0.5) is 0 Å². The Balaban J connectivity index is 1.80. The first-order valence-electron chi connectivity index (χ1n) is 10.7. The van der Waals surface area contributed by atoms with Gasteiger partial charge in [-0.05, 0) is 0 Å². The van der Waals surface area contributed by atoms with E-state index in [-0.39, 0.29) is 0 Å². The van der Waals surface area contributed by atoms with Gasteiger partial charge in [-0.3, -0.25) is 0 Å². The first-order chi connectivity index (χ1) is 16.3. The number of aliphatic hydroxyl groups excluding tert-OH is 12. The van der Waals surface area contributed by atoms with Gasteiger partial charge in [0.05, 0.1) is 13.2 Å². The van der Waals surface area contributed by atoms with Crippen LogP contribution in [0.15, 0.2) is 0 Å². The molecule has 0 saturated carbocycles. The van der Waals surface area contributed by atoms with Crippen LogP contribution in [0.1, 0.15) is 0 Å². The summed E-state index contributed by atoms with van der Waals surface area (Å²) in [4.78, 5) is 0. The molecule has 13 N–H and O–H groups in total. The van der Waals surface area contributed by atoms with Crippen molar-refractivity contribution in [2.75, 3.05) is 13.2 Å². The van der Waals surface area contributed by atoms with Gasteiger partial charge in [0, 0.05) is 0 Å². The van der Waals surface area contributed by atoms with E-state index in [4.69, 9.17) is 18.9 Å². The van der Waals surface area contributed by atoms with Crippen molar-refractivity contribution >= 4 is 0 Å². The van der Waals surface area contributed by atoms with Gasteiger partial charge in [0.25, 0.3) is 0 Å². The van der Waals surface area contributed by atoms with Crippen molar-refractivity contribution in [2.24, 2.45) is 0 Å². The second-order valence-electron chi connectivity index (χ2n) is 8.73. The molecule has 0 aromatic rings. The second kappa shape index (κ2) is 11.0. The maximum Gasteiger partial charge on any atom is 0.224 e. The molecule has 16 atom stereocenters. The van der Waals surface area contributed by atoms with Gasteiger partial charge in [0.15, 0.2) is 12.6 Å². The van der Waals surface area contributed by atoms with Crippen molar-refractivity contribution in [3.05, 3.63) is 0 Å². The van der Waals surface area contributed by atoms with E-state index in [2.05, 4.69) is 0 Å². The third-order valence-electron chi connectivity index (χ3n) is 6.47. The summed E-state index contributed by atoms with van der Waals surface area (Å²) in [5.74, 6) is -3.21. The molecular weight excluding hydrogens is 488 g/mol. The molecule has 206 valence electrons. The normalized spacial score (nSPS) is 54.4. The van der Waals surface area contributed by atoms with Crippen LogP contribution in [0.2, 0.25) is 0 Å². The minimum Gasteiger partial charge on any atom is -0.394 e. The Morgan fingerprint density at radius 2 is 1.26 bits per heavy atom. The number of hydrogen-bond donors (Lipinski definition) is 13. The summed E-state index contributed by atoms with van der Waals surface area (Å²) in [6.45, 7) is -1.85. The predicted molar refractivity (Wildman–Crippen MR) is 102 cm³/mol. The Kier molecular flexibility index (Phi) is 9.06. The smallest absolute Gasteiger partial charge is 0.224 e. The zero-order valence-electron chi connectivity index (χ0n) is 18.0. The van der Waals surface area contributed by atoms with Gasteiger partial charge in [-0.2, -0.15) is 0 Å². The average molecular weight is 520 g/mol. The molecule has 3 aliphatic rings. The fourth-order valence-electron chi connectivity index (χ4n) is 4.30. The highest BCUT2D eigenvalue weighted by molar-refractivity contribution is 5.05. The number of hydrogen-bond acceptors (Lipinski definition) is 17. The summed E-state index contributed by atoms with van der Waals surface area (Å²) in [6.07, 6.45) is -29.9. The SMILES string of the molecule is OC[C@H]1OC(O[C@H]2[C@H](O)[C@H](O)C(O)(C(O)[C@H]3O[C@H](O)[C@H](O)[C@@H](O)[C@H]3O)O[C@@H]2CO)C(O)C(O)C1O. The van der Waals surface area contributed by atoms with E-state index in [0.29, 0.717) is 0 Å². The highest BCUT2D eigenvalue weighted by Crippen LogP contribution is 2.37. The van der Waals surface area contributed by atoms with E-state index in [1.54, 1.807) is 0 Å². The van der Waals surface area contributed by atoms with Crippen LogP contribution in [0, 0.1) is 0 Å². The van der Waals surface area contributed by atoms with Gasteiger partial charge in [-0.25, -0.2) is 0 Å². The standard InChI is InChI=1S/C18H32O17/c19-1-3-5(21)6(22)10(26)17(32-3)34-12-4(2-20)35-18(31,14(28)11(12)27)15(29)13-8(24)7(23)9(25)16(30)33-13/h3-17,19-31H,1-2H2/t3-,4-,5?,6?,7+,8-,9-,10?,11+,12-,13+,14+,15?,16+,17?,18?/m1/s1. The Morgan fingerprint density at radius 3 is 1.83 bits per heavy atom. The molecule has 17 heteroatoms. The van der Waals surface area contributed by atoms with Crippen molar-refractivity contribution in [2.45, 2.75) is 97.7 Å². The van der Waals surface area contributed by atoms with Gasteiger partial charge in [0.1, 0.15) is 79.4 Å². The lowest BCUT2D eigenvalue weighted by Crippen LogP contribution is -2.74. The van der Waals surface area contributed by atoms with Gasteiger partial charge in [-0.1, -0.05) is 0 Å². The zero-order valence-corrected chi connectivity index (χ0v) is 18.0. The van der Waals surface area contributed by atoms with E-state index in [0.717, 1.165) is 0 Å². The lowest BCUT2D eigenvalue weighted by atomic mass is 9.84. The van der Waals surface area contributed by atoms with Crippen molar-refractivity contribution in [3.8, 4) is 0 Å². The maximum atomic E-state index is 10.9. The van der Waals surface area contributed by atoms with Crippen LogP contribution in [-0.2, 0) is 18.9 Å². The summed E-state index contributed by atoms with van der Waals surface area (Å²) < 4.78 is 20.5. The predicted octanol–water partition coefficient (Wildman–Crippen LogP) is -8.87. The fraction of sp³-hybridized carbons (Fsp3) is 1.00. The molecule has 35 heavy (non-hydrogen) atoms. The summed E-state index contributed by atoms with van der Waals surface area (Å²) in [7, 11) is 0. The molecule has 0 amide bonds. The van der Waals surface area contributed by atoms with Gasteiger partial charge < -0.3 is 85.3 Å². The van der Waals surface area contributed by atoms with Gasteiger partial charge >= 0.3 is 0 Å². The minimum absolute atomic E-state index is 0.803. The Bertz CT molecular complexity index is 696. The minimum atomic E-state index is -3.21. The van der Waals surface area contributed by atoms with Crippen LogP contribution in [0.5, 0.6) is 0 Å². The molecule has 3 rings (SSSR count). The summed E-state index contributed by atoms with van der Waals surface area (Å²) in [6, 6.07) is 0. The maximum absolute atomic E-state index is 10.9. The zero-order chi connectivity index (χ0) is 26.4. The number of aliphatic hydroxyl groups is 13. The molecule has 0 aliphatic carbocycles. The fourth-order valence-corrected chi connectivity index (χ4v) is 4.30. The van der Waals surface area contributed by atoms with Gasteiger partial charge in [0.2, 0.25) is 5.79 Å². The van der Waals surface area contributed by atoms with Crippen molar-refractivity contribution < 1.29 is 85.3 Å². The van der Waals surface area contributed by atoms with Gasteiger partial charge in [-0.15, -0.1) is 0 Å². The molecule has 3 aliphatic heterocycles. The summed E-state index contributed by atoms with van der Waals surface area (Å²) in [5, 5.41) is 131. The highest BCUT2D eigenvalue weighted by Gasteiger charge is 2.62. The Morgan fingerprint density at radius 1 is 0.686 bits per heavy atom. The lowest BCUT2D eigenvalue weighted by molar-refractivity contribution is -0.415. The van der Waals surface area contributed by atoms with E-state index in [9.17, 15) is 66.4 Å². The number of rotatable bonds is 6. The van der Waals surface area contributed by atoms with Crippen LogP contribution in [0.3, 0.4) is 0 Å². The summed E-state index contributed by atoms with van der Waals surface area (Å²) in [5.41, 5.74) is 0. The lowest BCUT2D eigenvalue weighted by Gasteiger charge is -2.52. The average Bonchev–Trinajstić information content (AvgIpc) is 2.84. The van der Waals surface area contributed by atoms with Crippen LogP contribution in [-0.4, -0.2) is 177 Å². The topological polar surface area (TPSA) is 300 Å². The highest BCUT2D eigenvalue weighted by atomic mass is 16.7. The van der Waals surface area contributed by atoms with Crippen molar-refractivity contribution in [1.29, 1.82) is 0 Å². The molecule has 17 nitrogen and oxygen atoms in total. The summed E-state index contributed by atoms with van der Waals surface area (Å²) >= 11 is 0. The molecule has 3 fully saturated rings. The molecule has 3 saturated heterocycles. The van der Waals surface area contributed by atoms with Crippen molar-refractivity contribution in [1.82, 2.24) is 0 Å². The molecule has 0 aromatic heterocycles. The quantitative estimate of drug-likeness (QED) is 0.155. The molecule has 3 heterocycles. The Hall–Kier alpha value is -0.680. The van der Waals surface area contributed by atoms with Crippen molar-refractivity contribution in [3.63, 3.8) is 0 Å². The first-order valence-corrected chi connectivity index (χ1v) is 10.7. The van der Waals surface area contributed by atoms with Crippen LogP contribution < -0.4 is 0 Å². The molecule has 0 spiro atoms. The molecule has 0 aromatic carbocycles. The van der Waals surface area contributed by atoms with E-state index < -0.39 is 111 Å². The largest absolute Gasteiger partial charge is 0.394 e. The molecule has 6 unspecified atom stereocenters. The third-order valence-corrected chi connectivity index (χ3v) is 6.47. The third kappa shape index (κ3) is 5.07. The second-order valence-corrected chi connectivity index (χ2v) is 8.73. The molecular formula is C18H32O17. The monoisotopic (exact) mass is 520 g/mol. The van der Waals surface area contributed by atoms with Crippen LogP contribution in [0.25, 0.3) is 0 Å². The molecule has 0 radical (unpaired) electrons. The first kappa shape index (κ1) is 28.9.